The fourth-order valence-electron chi connectivity index (χ4n) is 2.27. The Bertz CT molecular complexity index is 976. The topological polar surface area (TPSA) is 96.0 Å². The molecule has 1 aromatic heterocycles. The van der Waals surface area contributed by atoms with Crippen LogP contribution < -0.4 is 16.0 Å². The third-order valence-electron chi connectivity index (χ3n) is 3.48. The van der Waals surface area contributed by atoms with E-state index in [1.54, 1.807) is 36.4 Å². The molecular formula is C19H16ClN5O2. The Kier molecular flexibility index (Phi) is 5.63. The Hall–Kier alpha value is -3.45. The molecule has 0 aliphatic heterocycles. The molecule has 2 aromatic carbocycles. The summed E-state index contributed by atoms with van der Waals surface area (Å²) in [7, 11) is 0. The molecule has 0 fully saturated rings. The first-order chi connectivity index (χ1) is 13.0. The van der Waals surface area contributed by atoms with Crippen LogP contribution in [-0.2, 0) is 4.79 Å². The molecule has 0 aliphatic carbocycles. The quantitative estimate of drug-likeness (QED) is 0.618. The number of anilines is 4. The highest BCUT2D eigenvalue weighted by molar-refractivity contribution is 6.33. The van der Waals surface area contributed by atoms with Crippen molar-refractivity contribution in [3.8, 4) is 0 Å². The van der Waals surface area contributed by atoms with E-state index in [1.807, 2.05) is 12.1 Å². The largest absolute Gasteiger partial charge is 0.326 e. The van der Waals surface area contributed by atoms with Gasteiger partial charge in [0.2, 0.25) is 11.9 Å². The van der Waals surface area contributed by atoms with E-state index >= 15 is 0 Å². The molecule has 136 valence electrons. The Morgan fingerprint density at radius 2 is 1.59 bits per heavy atom. The highest BCUT2D eigenvalue weighted by Gasteiger charge is 2.09. The normalized spacial score (nSPS) is 10.1. The van der Waals surface area contributed by atoms with Gasteiger partial charge in [0.15, 0.2) is 0 Å². The van der Waals surface area contributed by atoms with Gasteiger partial charge in [0.1, 0.15) is 0 Å². The van der Waals surface area contributed by atoms with E-state index in [0.29, 0.717) is 33.6 Å². The minimum Gasteiger partial charge on any atom is -0.326 e. The average molecular weight is 382 g/mol. The van der Waals surface area contributed by atoms with E-state index < -0.39 is 0 Å². The summed E-state index contributed by atoms with van der Waals surface area (Å²) in [6, 6.07) is 14.1. The maximum absolute atomic E-state index is 12.4. The number of benzene rings is 2. The van der Waals surface area contributed by atoms with Gasteiger partial charge in [-0.3, -0.25) is 9.59 Å². The zero-order valence-electron chi connectivity index (χ0n) is 14.4. The number of para-hydroxylation sites is 1. The van der Waals surface area contributed by atoms with Crippen molar-refractivity contribution in [2.24, 2.45) is 0 Å². The lowest BCUT2D eigenvalue weighted by Gasteiger charge is -2.09. The maximum Gasteiger partial charge on any atom is 0.258 e. The van der Waals surface area contributed by atoms with Crippen LogP contribution in [0.2, 0.25) is 5.02 Å². The number of hydrogen-bond donors (Lipinski definition) is 3. The fourth-order valence-corrected chi connectivity index (χ4v) is 2.46. The van der Waals surface area contributed by atoms with E-state index in [4.69, 9.17) is 11.6 Å². The van der Waals surface area contributed by atoms with Crippen molar-refractivity contribution in [1.29, 1.82) is 0 Å². The van der Waals surface area contributed by atoms with Crippen molar-refractivity contribution in [1.82, 2.24) is 9.97 Å². The molecule has 0 aliphatic rings. The standard InChI is InChI=1S/C19H16ClN5O2/c1-12(26)23-14-5-4-6-15(9-14)24-18(27)13-10-21-19(22-11-13)25-17-8-3-2-7-16(17)20/h2-11H,1H3,(H,23,26)(H,24,27)(H,21,22,25). The lowest BCUT2D eigenvalue weighted by Crippen LogP contribution is -2.13. The summed E-state index contributed by atoms with van der Waals surface area (Å²) in [4.78, 5) is 31.7. The highest BCUT2D eigenvalue weighted by Crippen LogP contribution is 2.23. The van der Waals surface area contributed by atoms with Crippen LogP contribution in [0.25, 0.3) is 0 Å². The number of carbonyl (C=O) groups excluding carboxylic acids is 2. The third-order valence-corrected chi connectivity index (χ3v) is 3.80. The molecule has 2 amide bonds. The van der Waals surface area contributed by atoms with Crippen LogP contribution in [-0.4, -0.2) is 21.8 Å². The first-order valence-corrected chi connectivity index (χ1v) is 8.41. The first-order valence-electron chi connectivity index (χ1n) is 8.04. The molecule has 3 rings (SSSR count). The number of nitrogens with zero attached hydrogens (tertiary/aromatic N) is 2. The second kappa shape index (κ2) is 8.29. The molecule has 0 bridgehead atoms. The van der Waals surface area contributed by atoms with Crippen LogP contribution in [0.15, 0.2) is 60.9 Å². The van der Waals surface area contributed by atoms with Crippen molar-refractivity contribution in [3.63, 3.8) is 0 Å². The van der Waals surface area contributed by atoms with Crippen molar-refractivity contribution in [2.45, 2.75) is 6.92 Å². The second-order valence-corrected chi connectivity index (χ2v) is 6.02. The van der Waals surface area contributed by atoms with Gasteiger partial charge in [-0.1, -0.05) is 29.8 Å². The summed E-state index contributed by atoms with van der Waals surface area (Å²) in [5.41, 5.74) is 2.11. The smallest absolute Gasteiger partial charge is 0.258 e. The summed E-state index contributed by atoms with van der Waals surface area (Å²) < 4.78 is 0. The number of halogens is 1. The lowest BCUT2D eigenvalue weighted by molar-refractivity contribution is -0.114. The minimum atomic E-state index is -0.362. The summed E-state index contributed by atoms with van der Waals surface area (Å²) >= 11 is 6.08. The Morgan fingerprint density at radius 3 is 2.26 bits per heavy atom. The van der Waals surface area contributed by atoms with Gasteiger partial charge in [-0.05, 0) is 30.3 Å². The first kappa shape index (κ1) is 18.3. The van der Waals surface area contributed by atoms with E-state index in [-0.39, 0.29) is 11.8 Å². The van der Waals surface area contributed by atoms with Gasteiger partial charge in [-0.2, -0.15) is 0 Å². The molecule has 0 saturated carbocycles. The average Bonchev–Trinajstić information content (AvgIpc) is 2.64. The molecular weight excluding hydrogens is 366 g/mol. The molecule has 0 unspecified atom stereocenters. The Morgan fingerprint density at radius 1 is 0.926 bits per heavy atom. The van der Waals surface area contributed by atoms with Crippen LogP contribution in [0, 0.1) is 0 Å². The van der Waals surface area contributed by atoms with Gasteiger partial charge in [0, 0.05) is 30.7 Å². The minimum absolute atomic E-state index is 0.187. The molecule has 27 heavy (non-hydrogen) atoms. The highest BCUT2D eigenvalue weighted by atomic mass is 35.5. The Labute approximate surface area is 160 Å². The van der Waals surface area contributed by atoms with Gasteiger partial charge in [-0.25, -0.2) is 9.97 Å². The molecule has 7 nitrogen and oxygen atoms in total. The van der Waals surface area contributed by atoms with Gasteiger partial charge in [-0.15, -0.1) is 0 Å². The fraction of sp³-hybridized carbons (Fsp3) is 0.0526. The van der Waals surface area contributed by atoms with E-state index in [2.05, 4.69) is 25.9 Å². The van der Waals surface area contributed by atoms with Crippen LogP contribution in [0.1, 0.15) is 17.3 Å². The third kappa shape index (κ3) is 5.02. The predicted octanol–water partition coefficient (Wildman–Crippen LogP) is 4.08. The van der Waals surface area contributed by atoms with Crippen LogP contribution >= 0.6 is 11.6 Å². The molecule has 8 heteroatoms. The monoisotopic (exact) mass is 381 g/mol. The van der Waals surface area contributed by atoms with Crippen molar-refractivity contribution < 1.29 is 9.59 Å². The lowest BCUT2D eigenvalue weighted by atomic mass is 10.2. The van der Waals surface area contributed by atoms with Crippen molar-refractivity contribution in [2.75, 3.05) is 16.0 Å². The number of carbonyl (C=O) groups is 2. The zero-order chi connectivity index (χ0) is 19.2. The van der Waals surface area contributed by atoms with Crippen LogP contribution in [0.4, 0.5) is 23.0 Å². The SMILES string of the molecule is CC(=O)Nc1cccc(NC(=O)c2cnc(Nc3ccccc3Cl)nc2)c1. The van der Waals surface area contributed by atoms with Crippen LogP contribution in [0.5, 0.6) is 0 Å². The molecule has 0 radical (unpaired) electrons. The number of amides is 2. The molecule has 0 atom stereocenters. The van der Waals surface area contributed by atoms with Crippen molar-refractivity contribution in [3.05, 3.63) is 71.5 Å². The molecule has 0 saturated heterocycles. The van der Waals surface area contributed by atoms with Gasteiger partial charge >= 0.3 is 0 Å². The maximum atomic E-state index is 12.4. The predicted molar refractivity (Wildman–Crippen MR) is 105 cm³/mol. The molecule has 3 N–H and O–H groups in total. The van der Waals surface area contributed by atoms with Gasteiger partial charge in [0.25, 0.3) is 5.91 Å². The van der Waals surface area contributed by atoms with E-state index in [0.717, 1.165) is 0 Å². The molecule has 0 spiro atoms. The molecule has 3 aromatic rings. The van der Waals surface area contributed by atoms with Gasteiger partial charge < -0.3 is 16.0 Å². The van der Waals surface area contributed by atoms with Gasteiger partial charge in [0.05, 0.1) is 16.3 Å². The number of rotatable bonds is 5. The Balaban J connectivity index is 1.67. The van der Waals surface area contributed by atoms with Crippen LogP contribution in [0.3, 0.4) is 0 Å². The summed E-state index contributed by atoms with van der Waals surface area (Å²) in [6.45, 7) is 1.42. The van der Waals surface area contributed by atoms with Crippen molar-refractivity contribution >= 4 is 46.4 Å². The summed E-state index contributed by atoms with van der Waals surface area (Å²) in [6.07, 6.45) is 2.83. The summed E-state index contributed by atoms with van der Waals surface area (Å²) in [5, 5.41) is 8.93. The number of nitrogens with one attached hydrogen (secondary N) is 3. The number of hydrogen-bond acceptors (Lipinski definition) is 5. The zero-order valence-corrected chi connectivity index (χ0v) is 15.1. The second-order valence-electron chi connectivity index (χ2n) is 5.62. The van der Waals surface area contributed by atoms with E-state index in [1.165, 1.54) is 19.3 Å². The van der Waals surface area contributed by atoms with E-state index in [9.17, 15) is 9.59 Å². The number of aromatic nitrogens is 2. The summed E-state index contributed by atoms with van der Waals surface area (Å²) in [5.74, 6) is -0.222. The molecule has 1 heterocycles.